The lowest BCUT2D eigenvalue weighted by Crippen LogP contribution is -2.34. The van der Waals surface area contributed by atoms with Gasteiger partial charge in [-0.15, -0.1) is 0 Å². The Morgan fingerprint density at radius 2 is 1.58 bits per heavy atom. The van der Waals surface area contributed by atoms with Crippen molar-refractivity contribution in [3.8, 4) is 0 Å². The molecule has 1 heterocycles. The minimum atomic E-state index is -0.287. The maximum absolute atomic E-state index is 13.2. The summed E-state index contributed by atoms with van der Waals surface area (Å²) in [5, 5.41) is 3.22. The van der Waals surface area contributed by atoms with Crippen molar-refractivity contribution >= 4 is 23.1 Å². The second-order valence-electron chi connectivity index (χ2n) is 8.10. The van der Waals surface area contributed by atoms with E-state index in [1.54, 1.807) is 0 Å². The molecule has 0 unspecified atom stereocenters. The maximum atomic E-state index is 13.2. The van der Waals surface area contributed by atoms with E-state index in [1.165, 1.54) is 10.5 Å². The normalized spacial score (nSPS) is 14.1. The number of nitrogens with zero attached hydrogens (tertiary/aromatic N) is 1. The molecule has 0 spiro atoms. The summed E-state index contributed by atoms with van der Waals surface area (Å²) in [7, 11) is 0. The van der Waals surface area contributed by atoms with Crippen LogP contribution in [0.3, 0.4) is 0 Å². The number of imide groups is 1. The predicted molar refractivity (Wildman–Crippen MR) is 125 cm³/mol. The summed E-state index contributed by atoms with van der Waals surface area (Å²) in [5.41, 5.74) is 3.51. The van der Waals surface area contributed by atoms with Crippen LogP contribution in [-0.2, 0) is 14.3 Å². The fourth-order valence-corrected chi connectivity index (χ4v) is 3.54. The van der Waals surface area contributed by atoms with Gasteiger partial charge >= 0.3 is 0 Å². The number of rotatable bonds is 11. The van der Waals surface area contributed by atoms with Crippen LogP contribution in [0.25, 0.3) is 5.57 Å². The Labute approximate surface area is 185 Å². The van der Waals surface area contributed by atoms with Crippen LogP contribution in [0, 0.1) is 0 Å². The third-order valence-electron chi connectivity index (χ3n) is 5.39. The zero-order valence-corrected chi connectivity index (χ0v) is 18.7. The molecule has 1 aliphatic heterocycles. The van der Waals surface area contributed by atoms with Crippen LogP contribution >= 0.6 is 0 Å². The number of nitrogens with one attached hydrogen (secondary N) is 1. The molecule has 3 rings (SSSR count). The van der Waals surface area contributed by atoms with Crippen molar-refractivity contribution in [2.45, 2.75) is 46.0 Å². The monoisotopic (exact) mass is 420 g/mol. The standard InChI is InChI=1S/C26H32N2O3/c1-4-5-17-31-18-9-16-28-25(29)23(21-10-7-6-8-11-21)24(26(28)30)27-22-14-12-20(13-15-22)19(2)3/h6-8,10-15,19,27H,4-5,9,16-18H2,1-3H3. The van der Waals surface area contributed by atoms with Crippen molar-refractivity contribution in [2.24, 2.45) is 0 Å². The summed E-state index contributed by atoms with van der Waals surface area (Å²) >= 11 is 0. The molecule has 0 aromatic heterocycles. The molecule has 2 aromatic rings. The molecule has 0 saturated carbocycles. The molecular weight excluding hydrogens is 388 g/mol. The molecule has 0 radical (unpaired) electrons. The van der Waals surface area contributed by atoms with E-state index in [1.807, 2.05) is 54.6 Å². The van der Waals surface area contributed by atoms with E-state index in [4.69, 9.17) is 4.74 Å². The first-order valence-electron chi connectivity index (χ1n) is 11.1. The van der Waals surface area contributed by atoms with E-state index in [9.17, 15) is 9.59 Å². The van der Waals surface area contributed by atoms with Crippen LogP contribution in [0.4, 0.5) is 5.69 Å². The lowest BCUT2D eigenvalue weighted by molar-refractivity contribution is -0.137. The van der Waals surface area contributed by atoms with Gasteiger partial charge in [-0.3, -0.25) is 14.5 Å². The third-order valence-corrected chi connectivity index (χ3v) is 5.39. The summed E-state index contributed by atoms with van der Waals surface area (Å²) in [6, 6.07) is 17.4. The van der Waals surface area contributed by atoms with Gasteiger partial charge in [0.1, 0.15) is 5.70 Å². The highest BCUT2D eigenvalue weighted by molar-refractivity contribution is 6.36. The minimum absolute atomic E-state index is 0.258. The van der Waals surface area contributed by atoms with Gasteiger partial charge < -0.3 is 10.1 Å². The van der Waals surface area contributed by atoms with Gasteiger partial charge in [-0.2, -0.15) is 0 Å². The highest BCUT2D eigenvalue weighted by atomic mass is 16.5. The summed E-state index contributed by atoms with van der Waals surface area (Å²) < 4.78 is 5.59. The van der Waals surface area contributed by atoms with E-state index < -0.39 is 0 Å². The molecule has 0 fully saturated rings. The summed E-state index contributed by atoms with van der Waals surface area (Å²) in [5.74, 6) is -0.116. The molecule has 2 amide bonds. The molecule has 0 bridgehead atoms. The Hall–Kier alpha value is -2.92. The average Bonchev–Trinajstić information content (AvgIpc) is 3.01. The van der Waals surface area contributed by atoms with Crippen LogP contribution in [0.15, 0.2) is 60.3 Å². The number of ether oxygens (including phenoxy) is 1. The first-order valence-corrected chi connectivity index (χ1v) is 11.1. The molecule has 1 aliphatic rings. The summed E-state index contributed by atoms with van der Waals surface area (Å²) in [6.07, 6.45) is 2.73. The molecule has 0 aliphatic carbocycles. The number of carbonyl (C=O) groups is 2. The fraction of sp³-hybridized carbons (Fsp3) is 0.385. The van der Waals surface area contributed by atoms with Crippen molar-refractivity contribution in [2.75, 3.05) is 25.1 Å². The van der Waals surface area contributed by atoms with Crippen LogP contribution in [0.5, 0.6) is 0 Å². The number of amides is 2. The fourth-order valence-electron chi connectivity index (χ4n) is 3.54. The SMILES string of the molecule is CCCCOCCCN1C(=O)C(Nc2ccc(C(C)C)cc2)=C(c2ccccc2)C1=O. The lowest BCUT2D eigenvalue weighted by atomic mass is 10.0. The number of anilines is 1. The summed E-state index contributed by atoms with van der Waals surface area (Å²) in [4.78, 5) is 27.7. The Balaban J connectivity index is 1.79. The number of carbonyl (C=O) groups excluding carboxylic acids is 2. The van der Waals surface area contributed by atoms with Crippen LogP contribution in [0.2, 0.25) is 0 Å². The Kier molecular flexibility index (Phi) is 8.01. The smallest absolute Gasteiger partial charge is 0.278 e. The van der Waals surface area contributed by atoms with Gasteiger partial charge in [0.05, 0.1) is 5.57 Å². The van der Waals surface area contributed by atoms with Crippen molar-refractivity contribution in [3.63, 3.8) is 0 Å². The lowest BCUT2D eigenvalue weighted by Gasteiger charge is -2.15. The van der Waals surface area contributed by atoms with Gasteiger partial charge in [-0.1, -0.05) is 69.7 Å². The van der Waals surface area contributed by atoms with E-state index >= 15 is 0 Å². The quantitative estimate of drug-likeness (QED) is 0.400. The molecule has 2 aromatic carbocycles. The van der Waals surface area contributed by atoms with E-state index in [-0.39, 0.29) is 11.8 Å². The third kappa shape index (κ3) is 5.61. The van der Waals surface area contributed by atoms with Crippen molar-refractivity contribution in [1.82, 2.24) is 4.90 Å². The molecule has 1 N–H and O–H groups in total. The molecule has 5 nitrogen and oxygen atoms in total. The zero-order valence-electron chi connectivity index (χ0n) is 18.7. The summed E-state index contributed by atoms with van der Waals surface area (Å²) in [6.45, 7) is 8.00. The van der Waals surface area contributed by atoms with Crippen LogP contribution in [0.1, 0.15) is 57.1 Å². The first-order chi connectivity index (χ1) is 15.0. The highest BCUT2D eigenvalue weighted by Gasteiger charge is 2.38. The second-order valence-corrected chi connectivity index (χ2v) is 8.10. The molecule has 5 heteroatoms. The van der Waals surface area contributed by atoms with Gasteiger partial charge in [0.2, 0.25) is 0 Å². The molecule has 31 heavy (non-hydrogen) atoms. The molecule has 0 atom stereocenters. The number of hydrogen-bond donors (Lipinski definition) is 1. The van der Waals surface area contributed by atoms with Crippen LogP contribution < -0.4 is 5.32 Å². The topological polar surface area (TPSA) is 58.6 Å². The number of hydrogen-bond acceptors (Lipinski definition) is 4. The second kappa shape index (κ2) is 10.9. The average molecular weight is 421 g/mol. The number of unbranched alkanes of at least 4 members (excludes halogenated alkanes) is 1. The van der Waals surface area contributed by atoms with Gasteiger partial charge in [-0.05, 0) is 42.0 Å². The van der Waals surface area contributed by atoms with E-state index in [0.717, 1.165) is 24.1 Å². The Bertz CT molecular complexity index is 917. The van der Waals surface area contributed by atoms with Gasteiger partial charge in [0.25, 0.3) is 11.8 Å². The Morgan fingerprint density at radius 1 is 0.903 bits per heavy atom. The largest absolute Gasteiger partial charge is 0.381 e. The van der Waals surface area contributed by atoms with Crippen molar-refractivity contribution in [1.29, 1.82) is 0 Å². The molecular formula is C26H32N2O3. The van der Waals surface area contributed by atoms with Crippen molar-refractivity contribution < 1.29 is 14.3 Å². The van der Waals surface area contributed by atoms with E-state index in [0.29, 0.717) is 43.4 Å². The van der Waals surface area contributed by atoms with Gasteiger partial charge in [0, 0.05) is 25.4 Å². The number of benzene rings is 2. The van der Waals surface area contributed by atoms with Gasteiger partial charge in [0.15, 0.2) is 0 Å². The minimum Gasteiger partial charge on any atom is -0.381 e. The van der Waals surface area contributed by atoms with Crippen LogP contribution in [-0.4, -0.2) is 36.5 Å². The van der Waals surface area contributed by atoms with Crippen molar-refractivity contribution in [3.05, 3.63) is 71.4 Å². The Morgan fingerprint density at radius 3 is 2.23 bits per heavy atom. The first kappa shape index (κ1) is 22.8. The van der Waals surface area contributed by atoms with Gasteiger partial charge in [-0.25, -0.2) is 0 Å². The predicted octanol–water partition coefficient (Wildman–Crippen LogP) is 5.21. The zero-order chi connectivity index (χ0) is 22.2. The molecule has 164 valence electrons. The van der Waals surface area contributed by atoms with E-state index in [2.05, 4.69) is 26.1 Å². The highest BCUT2D eigenvalue weighted by Crippen LogP contribution is 2.31. The molecule has 0 saturated heterocycles. The maximum Gasteiger partial charge on any atom is 0.278 e.